The van der Waals surface area contributed by atoms with Crippen LogP contribution >= 0.6 is 12.4 Å². The van der Waals surface area contributed by atoms with Crippen LogP contribution in [0.25, 0.3) is 22.3 Å². The van der Waals surface area contributed by atoms with Gasteiger partial charge in [0.05, 0.1) is 41.7 Å². The highest BCUT2D eigenvalue weighted by Crippen LogP contribution is 2.27. The van der Waals surface area contributed by atoms with Crippen molar-refractivity contribution in [3.05, 3.63) is 48.8 Å². The van der Waals surface area contributed by atoms with Crippen molar-refractivity contribution in [2.75, 3.05) is 5.73 Å². The number of pyridine rings is 1. The van der Waals surface area contributed by atoms with Crippen LogP contribution in [0.3, 0.4) is 0 Å². The maximum atomic E-state index is 9.32. The molecule has 0 radical (unpaired) electrons. The molecule has 4 rings (SSSR count). The van der Waals surface area contributed by atoms with Crippen molar-refractivity contribution in [1.29, 1.82) is 5.26 Å². The molecule has 0 aromatic carbocycles. The van der Waals surface area contributed by atoms with Gasteiger partial charge in [0, 0.05) is 30.6 Å². The molecule has 120 valence electrons. The number of anilines is 1. The monoisotopic (exact) mass is 340 g/mol. The third-order valence-corrected chi connectivity index (χ3v) is 3.60. The van der Waals surface area contributed by atoms with Crippen molar-refractivity contribution in [3.63, 3.8) is 0 Å². The number of nitriles is 1. The van der Waals surface area contributed by atoms with Crippen LogP contribution in [0.5, 0.6) is 0 Å². The Morgan fingerprint density at radius 3 is 2.50 bits per heavy atom. The summed E-state index contributed by atoms with van der Waals surface area (Å²) in [5, 5.41) is 22.0. The maximum Gasteiger partial charge on any atom is 0.110 e. The van der Waals surface area contributed by atoms with Crippen molar-refractivity contribution in [2.24, 2.45) is 7.05 Å². The number of hydrogen-bond donors (Lipinski definition) is 1. The maximum absolute atomic E-state index is 9.32. The molecule has 0 aliphatic heterocycles. The highest BCUT2D eigenvalue weighted by atomic mass is 35.5. The molecular weight excluding hydrogens is 328 g/mol. The first-order chi connectivity index (χ1) is 11.2. The van der Waals surface area contributed by atoms with E-state index in [0.29, 0.717) is 16.8 Å². The highest BCUT2D eigenvalue weighted by molar-refractivity contribution is 5.85. The lowest BCUT2D eigenvalue weighted by atomic mass is 10.1. The molecule has 0 spiro atoms. The first-order valence-electron chi connectivity index (χ1n) is 6.87. The van der Waals surface area contributed by atoms with Crippen molar-refractivity contribution in [2.45, 2.75) is 0 Å². The van der Waals surface area contributed by atoms with Crippen LogP contribution in [0.4, 0.5) is 5.69 Å². The van der Waals surface area contributed by atoms with Crippen LogP contribution in [0.2, 0.25) is 0 Å². The lowest BCUT2D eigenvalue weighted by Gasteiger charge is -2.08. The van der Waals surface area contributed by atoms with E-state index < -0.39 is 0 Å². The van der Waals surface area contributed by atoms with Crippen molar-refractivity contribution >= 4 is 23.6 Å². The van der Waals surface area contributed by atoms with Gasteiger partial charge in [-0.25, -0.2) is 9.20 Å². The zero-order valence-corrected chi connectivity index (χ0v) is 13.5. The Morgan fingerprint density at radius 1 is 1.04 bits per heavy atom. The van der Waals surface area contributed by atoms with E-state index in [1.165, 1.54) is 0 Å². The summed E-state index contributed by atoms with van der Waals surface area (Å²) in [7, 11) is 1.86. The SMILES string of the molecule is Cl.Cn1cc(-c2cc(-n3cc(N)cn3)c3c(C#N)cnn3c2)cn1. The van der Waals surface area contributed by atoms with Crippen LogP contribution in [0.1, 0.15) is 5.56 Å². The molecule has 0 aliphatic rings. The topological polar surface area (TPSA) is 103 Å². The number of aryl methyl sites for hydroxylation is 1. The standard InChI is InChI=1S/C15H12N8.ClH/c1-21-7-12(5-18-21)10-2-14(22-9-13(17)6-20-22)15-11(3-16)4-19-23(15)8-10;/h2,4-9H,17H2,1H3;1H. The minimum absolute atomic E-state index is 0. The quantitative estimate of drug-likeness (QED) is 0.599. The number of aromatic nitrogens is 6. The average molecular weight is 341 g/mol. The molecular formula is C15H13ClN8. The Morgan fingerprint density at radius 2 is 1.88 bits per heavy atom. The highest BCUT2D eigenvalue weighted by Gasteiger charge is 2.14. The number of fused-ring (bicyclic) bond motifs is 1. The number of nitrogens with zero attached hydrogens (tertiary/aromatic N) is 7. The molecule has 2 N–H and O–H groups in total. The van der Waals surface area contributed by atoms with Crippen LogP contribution in [0.15, 0.2) is 43.2 Å². The van der Waals surface area contributed by atoms with Crippen LogP contribution in [0, 0.1) is 11.3 Å². The van der Waals surface area contributed by atoms with Gasteiger partial charge in [0.2, 0.25) is 0 Å². The summed E-state index contributed by atoms with van der Waals surface area (Å²) in [4.78, 5) is 0. The normalized spacial score (nSPS) is 10.5. The predicted molar refractivity (Wildman–Crippen MR) is 90.9 cm³/mol. The molecule has 0 saturated carbocycles. The number of nitrogens with two attached hydrogens (primary N) is 1. The Hall–Kier alpha value is -3.31. The Kier molecular flexibility index (Phi) is 3.71. The van der Waals surface area contributed by atoms with Crippen LogP contribution < -0.4 is 5.73 Å². The second-order valence-electron chi connectivity index (χ2n) is 5.20. The summed E-state index contributed by atoms with van der Waals surface area (Å²) in [6.45, 7) is 0. The van der Waals surface area contributed by atoms with E-state index in [1.54, 1.807) is 38.7 Å². The summed E-state index contributed by atoms with van der Waals surface area (Å²) in [6, 6.07) is 4.10. The van der Waals surface area contributed by atoms with E-state index >= 15 is 0 Å². The summed E-state index contributed by atoms with van der Waals surface area (Å²) in [5.74, 6) is 0. The molecule has 0 amide bonds. The third-order valence-electron chi connectivity index (χ3n) is 3.60. The Labute approximate surface area is 143 Å². The number of hydrogen-bond acceptors (Lipinski definition) is 5. The lowest BCUT2D eigenvalue weighted by molar-refractivity contribution is 0.768. The molecule has 0 aliphatic carbocycles. The zero-order chi connectivity index (χ0) is 16.0. The second-order valence-corrected chi connectivity index (χ2v) is 5.20. The summed E-state index contributed by atoms with van der Waals surface area (Å²) < 4.78 is 5.05. The Bertz CT molecular complexity index is 1060. The molecule has 9 heteroatoms. The third kappa shape index (κ3) is 2.37. The van der Waals surface area contributed by atoms with Gasteiger partial charge in [0.1, 0.15) is 11.6 Å². The average Bonchev–Trinajstić information content (AvgIpc) is 3.25. The van der Waals surface area contributed by atoms with E-state index in [2.05, 4.69) is 21.4 Å². The van der Waals surface area contributed by atoms with Crippen molar-refractivity contribution in [1.82, 2.24) is 29.2 Å². The fourth-order valence-corrected chi connectivity index (χ4v) is 2.55. The van der Waals surface area contributed by atoms with Gasteiger partial charge in [-0.05, 0) is 6.07 Å². The molecule has 8 nitrogen and oxygen atoms in total. The van der Waals surface area contributed by atoms with Gasteiger partial charge >= 0.3 is 0 Å². The van der Waals surface area contributed by atoms with Gasteiger partial charge in [-0.1, -0.05) is 0 Å². The zero-order valence-electron chi connectivity index (χ0n) is 12.7. The van der Waals surface area contributed by atoms with Gasteiger partial charge in [-0.2, -0.15) is 20.6 Å². The minimum Gasteiger partial charge on any atom is -0.396 e. The minimum atomic E-state index is 0. The molecule has 4 aromatic heterocycles. The van der Waals surface area contributed by atoms with Crippen molar-refractivity contribution in [3.8, 4) is 22.9 Å². The van der Waals surface area contributed by atoms with E-state index in [9.17, 15) is 5.26 Å². The smallest absolute Gasteiger partial charge is 0.110 e. The fraction of sp³-hybridized carbons (Fsp3) is 0.0667. The molecule has 0 saturated heterocycles. The lowest BCUT2D eigenvalue weighted by Crippen LogP contribution is -2.01. The van der Waals surface area contributed by atoms with Gasteiger partial charge < -0.3 is 5.73 Å². The molecule has 4 aromatic rings. The van der Waals surface area contributed by atoms with Crippen LogP contribution in [-0.4, -0.2) is 29.2 Å². The molecule has 0 fully saturated rings. The predicted octanol–water partition coefficient (Wildman–Crippen LogP) is 1.80. The largest absolute Gasteiger partial charge is 0.396 e. The number of halogens is 1. The van der Waals surface area contributed by atoms with Gasteiger partial charge in [0.25, 0.3) is 0 Å². The number of rotatable bonds is 2. The first kappa shape index (κ1) is 15.6. The van der Waals surface area contributed by atoms with E-state index in [-0.39, 0.29) is 12.4 Å². The summed E-state index contributed by atoms with van der Waals surface area (Å²) in [6.07, 6.45) is 10.4. The van der Waals surface area contributed by atoms with Crippen molar-refractivity contribution < 1.29 is 0 Å². The second kappa shape index (κ2) is 5.72. The molecule has 4 heterocycles. The molecule has 0 atom stereocenters. The summed E-state index contributed by atoms with van der Waals surface area (Å²) in [5.41, 5.74) is 10.1. The van der Waals surface area contributed by atoms with E-state index in [0.717, 1.165) is 16.8 Å². The first-order valence-corrected chi connectivity index (χ1v) is 6.87. The van der Waals surface area contributed by atoms with Gasteiger partial charge in [-0.3, -0.25) is 4.68 Å². The van der Waals surface area contributed by atoms with E-state index in [1.807, 2.05) is 25.5 Å². The van der Waals surface area contributed by atoms with E-state index in [4.69, 9.17) is 5.73 Å². The molecule has 0 unspecified atom stereocenters. The Balaban J connectivity index is 0.00000169. The number of nitrogen functional groups attached to an aromatic ring is 1. The summed E-state index contributed by atoms with van der Waals surface area (Å²) >= 11 is 0. The molecule has 24 heavy (non-hydrogen) atoms. The molecule has 0 bridgehead atoms. The fourth-order valence-electron chi connectivity index (χ4n) is 2.55. The van der Waals surface area contributed by atoms with Gasteiger partial charge in [-0.15, -0.1) is 12.4 Å². The van der Waals surface area contributed by atoms with Crippen LogP contribution in [-0.2, 0) is 7.05 Å². The van der Waals surface area contributed by atoms with Gasteiger partial charge in [0.15, 0.2) is 0 Å².